The first-order valence-corrected chi connectivity index (χ1v) is 11.2. The van der Waals surface area contributed by atoms with Crippen molar-refractivity contribution in [3.8, 4) is 0 Å². The van der Waals surface area contributed by atoms with E-state index in [1.54, 1.807) is 18.2 Å². The van der Waals surface area contributed by atoms with Gasteiger partial charge in [0.15, 0.2) is 6.61 Å². The maximum Gasteiger partial charge on any atom is 0.339 e. The van der Waals surface area contributed by atoms with Crippen LogP contribution in [0.1, 0.15) is 40.5 Å². The van der Waals surface area contributed by atoms with Crippen molar-refractivity contribution in [3.63, 3.8) is 0 Å². The topological polar surface area (TPSA) is 71.5 Å². The van der Waals surface area contributed by atoms with Crippen LogP contribution in [0.2, 0.25) is 5.02 Å². The number of nitrogens with zero attached hydrogens (tertiary/aromatic N) is 2. The summed E-state index contributed by atoms with van der Waals surface area (Å²) in [6.45, 7) is 6.11. The van der Waals surface area contributed by atoms with Gasteiger partial charge in [-0.2, -0.15) is 0 Å². The molecule has 166 valence electrons. The number of halogens is 1. The Hall–Kier alpha value is -2.96. The molecule has 4 rings (SSSR count). The molecule has 6 nitrogen and oxygen atoms in total. The lowest BCUT2D eigenvalue weighted by Crippen LogP contribution is -2.33. The molecule has 1 aliphatic rings. The van der Waals surface area contributed by atoms with Crippen LogP contribution in [0.3, 0.4) is 0 Å². The first-order valence-electron chi connectivity index (χ1n) is 10.8. The molecule has 0 spiro atoms. The van der Waals surface area contributed by atoms with E-state index in [1.807, 2.05) is 31.2 Å². The Morgan fingerprint density at radius 1 is 1.19 bits per heavy atom. The summed E-state index contributed by atoms with van der Waals surface area (Å²) in [6, 6.07) is 12.8. The van der Waals surface area contributed by atoms with E-state index in [-0.39, 0.29) is 6.61 Å². The molecule has 0 atom stereocenters. The Kier molecular flexibility index (Phi) is 6.72. The smallest absolute Gasteiger partial charge is 0.339 e. The average Bonchev–Trinajstić information content (AvgIpc) is 2.79. The van der Waals surface area contributed by atoms with Gasteiger partial charge < -0.3 is 10.1 Å². The highest BCUT2D eigenvalue weighted by Gasteiger charge is 2.26. The van der Waals surface area contributed by atoms with E-state index in [1.165, 1.54) is 0 Å². The van der Waals surface area contributed by atoms with Crippen LogP contribution in [0.25, 0.3) is 10.9 Å². The predicted molar refractivity (Wildman–Crippen MR) is 126 cm³/mol. The minimum absolute atomic E-state index is 0.380. The van der Waals surface area contributed by atoms with Crippen LogP contribution in [-0.2, 0) is 22.5 Å². The average molecular weight is 452 g/mol. The van der Waals surface area contributed by atoms with Crippen molar-refractivity contribution < 1.29 is 14.3 Å². The van der Waals surface area contributed by atoms with Gasteiger partial charge >= 0.3 is 5.97 Å². The summed E-state index contributed by atoms with van der Waals surface area (Å²) < 4.78 is 5.47. The number of anilines is 1. The SMILES string of the molecule is CCCN1CCc2nc3ccccc3c(C(=O)OCC(=O)Nc3cccc(Cl)c3C)c2C1. The molecule has 2 heterocycles. The second-order valence-electron chi connectivity index (χ2n) is 7.99. The zero-order valence-electron chi connectivity index (χ0n) is 18.3. The van der Waals surface area contributed by atoms with E-state index in [0.29, 0.717) is 22.8 Å². The predicted octanol–water partition coefficient (Wildman–Crippen LogP) is 4.76. The Morgan fingerprint density at radius 3 is 2.81 bits per heavy atom. The lowest BCUT2D eigenvalue weighted by Gasteiger charge is -2.29. The summed E-state index contributed by atoms with van der Waals surface area (Å²) in [5, 5.41) is 4.07. The molecule has 1 aliphatic heterocycles. The number of ether oxygens (including phenoxy) is 1. The molecule has 0 aliphatic carbocycles. The Bertz CT molecular complexity index is 1180. The van der Waals surface area contributed by atoms with Gasteiger partial charge in [-0.05, 0) is 43.7 Å². The van der Waals surface area contributed by atoms with Crippen molar-refractivity contribution in [2.24, 2.45) is 0 Å². The highest BCUT2D eigenvalue weighted by Crippen LogP contribution is 2.29. The fourth-order valence-corrected chi connectivity index (χ4v) is 4.29. The number of aromatic nitrogens is 1. The third kappa shape index (κ3) is 4.61. The van der Waals surface area contributed by atoms with Crippen molar-refractivity contribution >= 4 is 40.1 Å². The highest BCUT2D eigenvalue weighted by atomic mass is 35.5. The molecule has 0 fully saturated rings. The third-order valence-electron chi connectivity index (χ3n) is 5.75. The van der Waals surface area contributed by atoms with Gasteiger partial charge in [-0.1, -0.05) is 42.8 Å². The molecule has 32 heavy (non-hydrogen) atoms. The van der Waals surface area contributed by atoms with Gasteiger partial charge in [0.05, 0.1) is 11.1 Å². The molecular weight excluding hydrogens is 426 g/mol. The number of para-hydroxylation sites is 1. The number of carbonyl (C=O) groups is 2. The molecule has 2 aromatic carbocycles. The number of pyridine rings is 1. The van der Waals surface area contributed by atoms with Gasteiger partial charge in [0.1, 0.15) is 0 Å². The number of hydrogen-bond donors (Lipinski definition) is 1. The summed E-state index contributed by atoms with van der Waals surface area (Å²) in [7, 11) is 0. The number of rotatable bonds is 6. The molecule has 0 radical (unpaired) electrons. The van der Waals surface area contributed by atoms with Crippen molar-refractivity contribution in [2.75, 3.05) is 25.0 Å². The summed E-state index contributed by atoms with van der Waals surface area (Å²) in [4.78, 5) is 32.8. The van der Waals surface area contributed by atoms with E-state index in [0.717, 1.165) is 53.7 Å². The molecule has 1 N–H and O–H groups in total. The number of fused-ring (bicyclic) bond motifs is 2. The minimum Gasteiger partial charge on any atom is -0.452 e. The Morgan fingerprint density at radius 2 is 2.00 bits per heavy atom. The standard InChI is InChI=1S/C25H26ClN3O3/c1-3-12-29-13-11-22-18(14-29)24(17-7-4-5-9-21(17)27-22)25(31)32-15-23(30)28-20-10-6-8-19(26)16(20)2/h4-10H,3,11-15H2,1-2H3,(H,28,30). The first kappa shape index (κ1) is 22.2. The summed E-state index contributed by atoms with van der Waals surface area (Å²) in [5.74, 6) is -0.917. The second-order valence-corrected chi connectivity index (χ2v) is 8.40. The van der Waals surface area contributed by atoms with Gasteiger partial charge in [0.2, 0.25) is 0 Å². The molecule has 0 unspecified atom stereocenters. The lowest BCUT2D eigenvalue weighted by atomic mass is 9.95. The molecule has 3 aromatic rings. The minimum atomic E-state index is -0.504. The summed E-state index contributed by atoms with van der Waals surface area (Å²) in [6.07, 6.45) is 1.83. The summed E-state index contributed by atoms with van der Waals surface area (Å²) >= 11 is 6.12. The van der Waals surface area contributed by atoms with E-state index in [4.69, 9.17) is 21.3 Å². The third-order valence-corrected chi connectivity index (χ3v) is 6.16. The van der Waals surface area contributed by atoms with Gasteiger partial charge in [0, 0.05) is 46.9 Å². The lowest BCUT2D eigenvalue weighted by molar-refractivity contribution is -0.119. The van der Waals surface area contributed by atoms with Crippen LogP contribution in [0.4, 0.5) is 5.69 Å². The molecule has 0 saturated carbocycles. The number of hydrogen-bond acceptors (Lipinski definition) is 5. The molecule has 1 amide bonds. The number of esters is 1. The number of amides is 1. The highest BCUT2D eigenvalue weighted by molar-refractivity contribution is 6.31. The van der Waals surface area contributed by atoms with Gasteiger partial charge in [0.25, 0.3) is 5.91 Å². The van der Waals surface area contributed by atoms with Crippen LogP contribution < -0.4 is 5.32 Å². The fourth-order valence-electron chi connectivity index (χ4n) is 4.12. The molecule has 0 saturated heterocycles. The van der Waals surface area contributed by atoms with Crippen molar-refractivity contribution in [1.29, 1.82) is 0 Å². The van der Waals surface area contributed by atoms with Crippen LogP contribution in [-0.4, -0.2) is 41.5 Å². The van der Waals surface area contributed by atoms with Gasteiger partial charge in [-0.15, -0.1) is 0 Å². The molecule has 7 heteroatoms. The van der Waals surface area contributed by atoms with Gasteiger partial charge in [-0.25, -0.2) is 4.79 Å². The number of benzene rings is 2. The zero-order chi connectivity index (χ0) is 22.7. The van der Waals surface area contributed by atoms with E-state index < -0.39 is 11.9 Å². The maximum absolute atomic E-state index is 13.2. The van der Waals surface area contributed by atoms with E-state index in [2.05, 4.69) is 17.1 Å². The first-order chi connectivity index (χ1) is 15.5. The van der Waals surface area contributed by atoms with Crippen molar-refractivity contribution in [3.05, 3.63) is 69.9 Å². The van der Waals surface area contributed by atoms with Crippen LogP contribution in [0.15, 0.2) is 42.5 Å². The van der Waals surface area contributed by atoms with Crippen molar-refractivity contribution in [2.45, 2.75) is 33.2 Å². The van der Waals surface area contributed by atoms with Crippen LogP contribution >= 0.6 is 11.6 Å². The summed E-state index contributed by atoms with van der Waals surface area (Å²) in [5.41, 5.74) is 4.47. The monoisotopic (exact) mass is 451 g/mol. The van der Waals surface area contributed by atoms with Crippen molar-refractivity contribution in [1.82, 2.24) is 9.88 Å². The molecule has 1 aromatic heterocycles. The van der Waals surface area contributed by atoms with Gasteiger partial charge in [-0.3, -0.25) is 14.7 Å². The van der Waals surface area contributed by atoms with E-state index >= 15 is 0 Å². The quantitative estimate of drug-likeness (QED) is 0.547. The molecule has 0 bridgehead atoms. The number of nitrogens with one attached hydrogen (secondary N) is 1. The fraction of sp³-hybridized carbons (Fsp3) is 0.320. The normalized spacial score (nSPS) is 13.6. The zero-order valence-corrected chi connectivity index (χ0v) is 19.0. The Labute approximate surface area is 192 Å². The maximum atomic E-state index is 13.2. The van der Waals surface area contributed by atoms with E-state index in [9.17, 15) is 9.59 Å². The number of carbonyl (C=O) groups excluding carboxylic acids is 2. The van der Waals surface area contributed by atoms with Crippen LogP contribution in [0.5, 0.6) is 0 Å². The Balaban J connectivity index is 1.57. The largest absolute Gasteiger partial charge is 0.452 e. The van der Waals surface area contributed by atoms with Crippen LogP contribution in [0, 0.1) is 6.92 Å². The molecular formula is C25H26ClN3O3. The second kappa shape index (κ2) is 9.67.